The monoisotopic (exact) mass is 246 g/mol. The molecule has 0 unspecified atom stereocenters. The minimum Gasteiger partial charge on any atom is -0.301 e. The van der Waals surface area contributed by atoms with Gasteiger partial charge in [-0.2, -0.15) is 0 Å². The lowest BCUT2D eigenvalue weighted by molar-refractivity contribution is 0.138. The predicted octanol–water partition coefficient (Wildman–Crippen LogP) is 2.43. The van der Waals surface area contributed by atoms with Crippen LogP contribution in [0.5, 0.6) is 0 Å². The zero-order valence-corrected chi connectivity index (χ0v) is 11.9. The highest BCUT2D eigenvalue weighted by molar-refractivity contribution is 5.22. The topological polar surface area (TPSA) is 6.48 Å². The maximum absolute atomic E-state index is 2.60. The van der Waals surface area contributed by atoms with Gasteiger partial charge < -0.3 is 9.80 Å². The minimum absolute atomic E-state index is 1.14. The Bertz CT molecular complexity index is 337. The fourth-order valence-corrected chi connectivity index (χ4v) is 2.56. The second-order valence-electron chi connectivity index (χ2n) is 5.20. The van der Waals surface area contributed by atoms with Crippen molar-refractivity contribution in [2.45, 2.75) is 26.7 Å². The molecule has 0 atom stereocenters. The summed E-state index contributed by atoms with van der Waals surface area (Å²) in [6.07, 6.45) is 2.33. The number of likely N-dealkylation sites (N-methyl/N-ethyl adjacent to an activating group) is 1. The molecule has 0 bridgehead atoms. The summed E-state index contributed by atoms with van der Waals surface area (Å²) in [6.45, 7) is 11.8. The molecule has 0 radical (unpaired) electrons. The number of hydrogen-bond donors (Lipinski definition) is 0. The van der Waals surface area contributed by atoms with Crippen LogP contribution in [0.25, 0.3) is 0 Å². The summed E-state index contributed by atoms with van der Waals surface area (Å²) in [5.41, 5.74) is 2.92. The molecule has 0 saturated carbocycles. The van der Waals surface area contributed by atoms with E-state index in [0.717, 1.165) is 6.42 Å². The first-order chi connectivity index (χ1) is 8.81. The highest BCUT2D eigenvalue weighted by Crippen LogP contribution is 2.08. The summed E-state index contributed by atoms with van der Waals surface area (Å²) in [5.74, 6) is 0. The fourth-order valence-electron chi connectivity index (χ4n) is 2.56. The molecule has 1 aliphatic rings. The number of piperazine rings is 1. The molecule has 18 heavy (non-hydrogen) atoms. The maximum atomic E-state index is 2.60. The molecule has 1 aliphatic heterocycles. The van der Waals surface area contributed by atoms with Crippen LogP contribution in [-0.2, 0) is 12.8 Å². The molecule has 1 aromatic rings. The van der Waals surface area contributed by atoms with Gasteiger partial charge in [-0.3, -0.25) is 0 Å². The molecule has 1 aromatic carbocycles. The van der Waals surface area contributed by atoms with Gasteiger partial charge in [0.2, 0.25) is 0 Å². The number of benzene rings is 1. The molecule has 2 nitrogen and oxygen atoms in total. The normalized spacial score (nSPS) is 18.1. The van der Waals surface area contributed by atoms with Crippen LogP contribution >= 0.6 is 0 Å². The maximum Gasteiger partial charge on any atom is 0.0110 e. The molecule has 100 valence electrons. The number of rotatable bonds is 5. The second kappa shape index (κ2) is 6.91. The average molecular weight is 246 g/mol. The Morgan fingerprint density at radius 1 is 0.833 bits per heavy atom. The highest BCUT2D eigenvalue weighted by atomic mass is 15.3. The van der Waals surface area contributed by atoms with Crippen molar-refractivity contribution in [3.63, 3.8) is 0 Å². The van der Waals surface area contributed by atoms with Gasteiger partial charge >= 0.3 is 0 Å². The van der Waals surface area contributed by atoms with Crippen molar-refractivity contribution in [3.8, 4) is 0 Å². The average Bonchev–Trinajstić information content (AvgIpc) is 2.46. The Morgan fingerprint density at radius 3 is 1.94 bits per heavy atom. The van der Waals surface area contributed by atoms with Crippen molar-refractivity contribution in [1.82, 2.24) is 9.80 Å². The van der Waals surface area contributed by atoms with E-state index < -0.39 is 0 Å². The van der Waals surface area contributed by atoms with E-state index in [-0.39, 0.29) is 0 Å². The third-order valence-corrected chi connectivity index (χ3v) is 4.06. The van der Waals surface area contributed by atoms with E-state index in [0.29, 0.717) is 0 Å². The molecule has 1 saturated heterocycles. The van der Waals surface area contributed by atoms with Crippen LogP contribution in [0.15, 0.2) is 24.3 Å². The zero-order chi connectivity index (χ0) is 12.8. The third kappa shape index (κ3) is 3.82. The summed E-state index contributed by atoms with van der Waals surface area (Å²) in [6, 6.07) is 9.12. The van der Waals surface area contributed by atoms with Gasteiger partial charge in [0.1, 0.15) is 0 Å². The van der Waals surface area contributed by atoms with Gasteiger partial charge in [-0.25, -0.2) is 0 Å². The van der Waals surface area contributed by atoms with Crippen LogP contribution in [0.1, 0.15) is 25.0 Å². The summed E-state index contributed by atoms with van der Waals surface area (Å²) in [5, 5.41) is 0. The van der Waals surface area contributed by atoms with Crippen LogP contribution in [0, 0.1) is 0 Å². The van der Waals surface area contributed by atoms with Crippen molar-refractivity contribution in [1.29, 1.82) is 0 Å². The molecule has 2 rings (SSSR count). The number of nitrogens with zero attached hydrogens (tertiary/aromatic N) is 2. The molecule has 0 spiro atoms. The smallest absolute Gasteiger partial charge is 0.0110 e. The van der Waals surface area contributed by atoms with Gasteiger partial charge in [0.05, 0.1) is 0 Å². The van der Waals surface area contributed by atoms with Gasteiger partial charge in [-0.05, 0) is 30.5 Å². The second-order valence-corrected chi connectivity index (χ2v) is 5.20. The quantitative estimate of drug-likeness (QED) is 0.787. The van der Waals surface area contributed by atoms with Crippen LogP contribution in [-0.4, -0.2) is 49.1 Å². The third-order valence-electron chi connectivity index (χ3n) is 4.06. The van der Waals surface area contributed by atoms with Gasteiger partial charge in [-0.15, -0.1) is 0 Å². The van der Waals surface area contributed by atoms with E-state index in [2.05, 4.69) is 47.9 Å². The molecular formula is C16H26N2. The van der Waals surface area contributed by atoms with E-state index in [9.17, 15) is 0 Å². The molecular weight excluding hydrogens is 220 g/mol. The van der Waals surface area contributed by atoms with Crippen molar-refractivity contribution in [2.24, 2.45) is 0 Å². The van der Waals surface area contributed by atoms with Crippen molar-refractivity contribution < 1.29 is 0 Å². The Morgan fingerprint density at radius 2 is 1.39 bits per heavy atom. The molecule has 0 aliphatic carbocycles. The van der Waals surface area contributed by atoms with E-state index in [4.69, 9.17) is 0 Å². The van der Waals surface area contributed by atoms with Gasteiger partial charge in [0, 0.05) is 32.7 Å². The van der Waals surface area contributed by atoms with E-state index in [1.807, 2.05) is 0 Å². The summed E-state index contributed by atoms with van der Waals surface area (Å²) < 4.78 is 0. The lowest BCUT2D eigenvalue weighted by Crippen LogP contribution is -2.46. The highest BCUT2D eigenvalue weighted by Gasteiger charge is 2.14. The van der Waals surface area contributed by atoms with E-state index in [1.54, 1.807) is 0 Å². The number of aryl methyl sites for hydroxylation is 1. The summed E-state index contributed by atoms with van der Waals surface area (Å²) >= 11 is 0. The molecule has 1 fully saturated rings. The van der Waals surface area contributed by atoms with Gasteiger partial charge in [0.15, 0.2) is 0 Å². The van der Waals surface area contributed by atoms with Gasteiger partial charge in [0.25, 0.3) is 0 Å². The predicted molar refractivity (Wildman–Crippen MR) is 78.1 cm³/mol. The van der Waals surface area contributed by atoms with Crippen molar-refractivity contribution >= 4 is 0 Å². The largest absolute Gasteiger partial charge is 0.301 e. The SMILES string of the molecule is CCc1ccc(CCN2CCN(CC)CC2)cc1. The van der Waals surface area contributed by atoms with Crippen LogP contribution < -0.4 is 0 Å². The Hall–Kier alpha value is -0.860. The van der Waals surface area contributed by atoms with Crippen molar-refractivity contribution in [3.05, 3.63) is 35.4 Å². The molecule has 1 heterocycles. The molecule has 2 heteroatoms. The number of hydrogen-bond acceptors (Lipinski definition) is 2. The molecule has 0 N–H and O–H groups in total. The Labute approximate surface area is 112 Å². The summed E-state index contributed by atoms with van der Waals surface area (Å²) in [7, 11) is 0. The standard InChI is InChI=1S/C16H26N2/c1-3-15-5-7-16(8-6-15)9-10-18-13-11-17(4-2)12-14-18/h5-8H,3-4,9-14H2,1-2H3. The van der Waals surface area contributed by atoms with Gasteiger partial charge in [-0.1, -0.05) is 38.1 Å². The first kappa shape index (κ1) is 13.6. The van der Waals surface area contributed by atoms with Crippen LogP contribution in [0.3, 0.4) is 0 Å². The van der Waals surface area contributed by atoms with Crippen LogP contribution in [0.2, 0.25) is 0 Å². The molecule has 0 amide bonds. The lowest BCUT2D eigenvalue weighted by atomic mass is 10.1. The Balaban J connectivity index is 1.74. The minimum atomic E-state index is 1.14. The molecule has 0 aromatic heterocycles. The lowest BCUT2D eigenvalue weighted by Gasteiger charge is -2.34. The van der Waals surface area contributed by atoms with Crippen LogP contribution in [0.4, 0.5) is 0 Å². The summed E-state index contributed by atoms with van der Waals surface area (Å²) in [4.78, 5) is 5.13. The Kier molecular flexibility index (Phi) is 5.21. The van der Waals surface area contributed by atoms with Crippen molar-refractivity contribution in [2.75, 3.05) is 39.3 Å². The van der Waals surface area contributed by atoms with E-state index >= 15 is 0 Å². The fraction of sp³-hybridized carbons (Fsp3) is 0.625. The zero-order valence-electron chi connectivity index (χ0n) is 11.9. The first-order valence-corrected chi connectivity index (χ1v) is 7.34. The van der Waals surface area contributed by atoms with E-state index in [1.165, 1.54) is 56.8 Å². The first-order valence-electron chi connectivity index (χ1n) is 7.34.